The molecule has 0 bridgehead atoms. The summed E-state index contributed by atoms with van der Waals surface area (Å²) in [5.41, 5.74) is 0. The molecule has 0 fully saturated rings. The molecule has 0 saturated heterocycles. The average molecular weight is 133 g/mol. The van der Waals surface area contributed by atoms with Gasteiger partial charge in [0.25, 0.3) is 0 Å². The maximum absolute atomic E-state index is 3.23. The molecule has 0 spiro atoms. The SMILES string of the molecule is [C]1=CCC=CCC=CCC1. The van der Waals surface area contributed by atoms with E-state index in [0.717, 1.165) is 25.7 Å². The molecule has 0 aliphatic heterocycles. The van der Waals surface area contributed by atoms with Crippen LogP contribution in [0.25, 0.3) is 0 Å². The summed E-state index contributed by atoms with van der Waals surface area (Å²) in [6, 6.07) is 0. The van der Waals surface area contributed by atoms with E-state index in [2.05, 4.69) is 36.5 Å². The maximum atomic E-state index is 3.23. The zero-order chi connectivity index (χ0) is 7.07. The molecule has 1 aliphatic carbocycles. The van der Waals surface area contributed by atoms with Crippen molar-refractivity contribution in [2.24, 2.45) is 0 Å². The van der Waals surface area contributed by atoms with Gasteiger partial charge in [-0.25, -0.2) is 0 Å². The molecule has 0 aromatic heterocycles. The lowest BCUT2D eigenvalue weighted by atomic mass is 10.2. The van der Waals surface area contributed by atoms with Gasteiger partial charge in [0.05, 0.1) is 0 Å². The smallest absolute Gasteiger partial charge is 0.0163 e. The lowest BCUT2D eigenvalue weighted by molar-refractivity contribution is 1.01. The molecule has 0 N–H and O–H groups in total. The Morgan fingerprint density at radius 2 is 1.70 bits per heavy atom. The first-order valence-corrected chi connectivity index (χ1v) is 3.85. The van der Waals surface area contributed by atoms with Gasteiger partial charge >= 0.3 is 0 Å². The van der Waals surface area contributed by atoms with Crippen molar-refractivity contribution in [3.05, 3.63) is 36.5 Å². The summed E-state index contributed by atoms with van der Waals surface area (Å²) in [5, 5.41) is 0. The molecule has 1 rings (SSSR count). The second-order valence-electron chi connectivity index (χ2n) is 2.36. The van der Waals surface area contributed by atoms with E-state index in [1.165, 1.54) is 0 Å². The minimum absolute atomic E-state index is 1.05. The van der Waals surface area contributed by atoms with E-state index in [1.807, 2.05) is 0 Å². The summed E-state index contributed by atoms with van der Waals surface area (Å²) >= 11 is 0. The molecular formula is C10H13. The predicted octanol–water partition coefficient (Wildman–Crippen LogP) is 3.03. The van der Waals surface area contributed by atoms with Gasteiger partial charge in [-0.2, -0.15) is 0 Å². The third kappa shape index (κ3) is 3.29. The molecular weight excluding hydrogens is 120 g/mol. The number of hydrogen-bond donors (Lipinski definition) is 0. The first-order chi connectivity index (χ1) is 5.00. The van der Waals surface area contributed by atoms with Gasteiger partial charge < -0.3 is 0 Å². The summed E-state index contributed by atoms with van der Waals surface area (Å²) < 4.78 is 0. The van der Waals surface area contributed by atoms with E-state index >= 15 is 0 Å². The van der Waals surface area contributed by atoms with Crippen LogP contribution in [0.5, 0.6) is 0 Å². The van der Waals surface area contributed by atoms with Crippen LogP contribution in [-0.2, 0) is 0 Å². The van der Waals surface area contributed by atoms with Gasteiger partial charge in [-0.1, -0.05) is 30.4 Å². The lowest BCUT2D eigenvalue weighted by Gasteiger charge is -1.89. The van der Waals surface area contributed by atoms with E-state index in [-0.39, 0.29) is 0 Å². The first kappa shape index (κ1) is 7.33. The summed E-state index contributed by atoms with van der Waals surface area (Å²) in [6.45, 7) is 0. The molecule has 0 aromatic carbocycles. The Labute approximate surface area is 62.9 Å². The van der Waals surface area contributed by atoms with Crippen LogP contribution in [0, 0.1) is 6.08 Å². The molecule has 0 amide bonds. The van der Waals surface area contributed by atoms with Crippen LogP contribution in [0.1, 0.15) is 25.7 Å². The van der Waals surface area contributed by atoms with E-state index in [4.69, 9.17) is 0 Å². The van der Waals surface area contributed by atoms with Crippen LogP contribution < -0.4 is 0 Å². The van der Waals surface area contributed by atoms with Crippen LogP contribution in [0.15, 0.2) is 30.4 Å². The van der Waals surface area contributed by atoms with Gasteiger partial charge in [0.1, 0.15) is 0 Å². The predicted molar refractivity (Wildman–Crippen MR) is 44.6 cm³/mol. The second-order valence-corrected chi connectivity index (χ2v) is 2.36. The lowest BCUT2D eigenvalue weighted by Crippen LogP contribution is -1.69. The summed E-state index contributed by atoms with van der Waals surface area (Å²) in [7, 11) is 0. The molecule has 10 heavy (non-hydrogen) atoms. The highest BCUT2D eigenvalue weighted by Gasteiger charge is 1.79. The monoisotopic (exact) mass is 133 g/mol. The molecule has 0 unspecified atom stereocenters. The normalized spacial score (nSPS) is 19.2. The van der Waals surface area contributed by atoms with Crippen LogP contribution >= 0.6 is 0 Å². The van der Waals surface area contributed by atoms with Crippen molar-refractivity contribution in [3.8, 4) is 0 Å². The van der Waals surface area contributed by atoms with Gasteiger partial charge in [0, 0.05) is 0 Å². The fourth-order valence-corrected chi connectivity index (χ4v) is 0.905. The van der Waals surface area contributed by atoms with E-state index < -0.39 is 0 Å². The van der Waals surface area contributed by atoms with Crippen LogP contribution in [0.3, 0.4) is 0 Å². The van der Waals surface area contributed by atoms with E-state index in [1.54, 1.807) is 0 Å². The van der Waals surface area contributed by atoms with Crippen molar-refractivity contribution >= 4 is 0 Å². The Morgan fingerprint density at radius 1 is 0.900 bits per heavy atom. The van der Waals surface area contributed by atoms with Gasteiger partial charge in [-0.15, -0.1) is 0 Å². The number of allylic oxidation sites excluding steroid dienone is 6. The van der Waals surface area contributed by atoms with Gasteiger partial charge in [-0.3, -0.25) is 0 Å². The molecule has 0 atom stereocenters. The minimum atomic E-state index is 1.05. The van der Waals surface area contributed by atoms with Gasteiger partial charge in [0.15, 0.2) is 0 Å². The number of rotatable bonds is 0. The van der Waals surface area contributed by atoms with E-state index in [0.29, 0.717) is 0 Å². The van der Waals surface area contributed by atoms with Crippen molar-refractivity contribution in [2.75, 3.05) is 0 Å². The molecule has 0 nitrogen and oxygen atoms in total. The molecule has 0 aromatic rings. The molecule has 0 saturated carbocycles. The molecule has 1 aliphatic rings. The fraction of sp³-hybridized carbons (Fsp3) is 0.400. The summed E-state index contributed by atoms with van der Waals surface area (Å²) in [4.78, 5) is 0. The highest BCUT2D eigenvalue weighted by atomic mass is 13.9. The Hall–Kier alpha value is -0.780. The first-order valence-electron chi connectivity index (χ1n) is 3.85. The Kier molecular flexibility index (Phi) is 3.69. The Morgan fingerprint density at radius 3 is 2.70 bits per heavy atom. The molecule has 53 valence electrons. The minimum Gasteiger partial charge on any atom is -0.0879 e. The Bertz CT molecular complexity index is 131. The van der Waals surface area contributed by atoms with Gasteiger partial charge in [-0.05, 0) is 31.8 Å². The molecule has 0 heterocycles. The van der Waals surface area contributed by atoms with Crippen LogP contribution in [0.4, 0.5) is 0 Å². The van der Waals surface area contributed by atoms with Crippen LogP contribution in [0.2, 0.25) is 0 Å². The molecule has 1 radical (unpaired) electrons. The third-order valence-corrected chi connectivity index (χ3v) is 1.46. The van der Waals surface area contributed by atoms with Crippen molar-refractivity contribution in [1.82, 2.24) is 0 Å². The largest absolute Gasteiger partial charge is 0.0879 e. The quantitative estimate of drug-likeness (QED) is 0.445. The van der Waals surface area contributed by atoms with Gasteiger partial charge in [0.2, 0.25) is 0 Å². The van der Waals surface area contributed by atoms with E-state index in [9.17, 15) is 0 Å². The fourth-order valence-electron chi connectivity index (χ4n) is 0.905. The van der Waals surface area contributed by atoms with Crippen molar-refractivity contribution in [3.63, 3.8) is 0 Å². The van der Waals surface area contributed by atoms with Crippen LogP contribution in [-0.4, -0.2) is 0 Å². The standard InChI is InChI=1S/C10H13/c1-2-4-6-8-10-9-7-5-3-1/h1-2,5-7H,3-4,9-10H2. The second kappa shape index (κ2) is 5.04. The highest BCUT2D eigenvalue weighted by Crippen LogP contribution is 1.99. The average Bonchev–Trinajstić information content (AvgIpc) is 2.01. The highest BCUT2D eigenvalue weighted by molar-refractivity contribution is 4.97. The zero-order valence-corrected chi connectivity index (χ0v) is 6.22. The topological polar surface area (TPSA) is 0 Å². The third-order valence-electron chi connectivity index (χ3n) is 1.46. The number of hydrogen-bond acceptors (Lipinski definition) is 0. The summed E-state index contributed by atoms with van der Waals surface area (Å²) in [5.74, 6) is 0. The van der Waals surface area contributed by atoms with Crippen molar-refractivity contribution < 1.29 is 0 Å². The summed E-state index contributed by atoms with van der Waals surface area (Å²) in [6.07, 6.45) is 18.5. The maximum Gasteiger partial charge on any atom is -0.0163 e. The Balaban J connectivity index is 2.38. The zero-order valence-electron chi connectivity index (χ0n) is 6.22. The van der Waals surface area contributed by atoms with Crippen molar-refractivity contribution in [2.45, 2.75) is 25.7 Å². The molecule has 0 heteroatoms. The van der Waals surface area contributed by atoms with Crippen molar-refractivity contribution in [1.29, 1.82) is 0 Å².